The average Bonchev–Trinajstić information content (AvgIpc) is 3.11. The van der Waals surface area contributed by atoms with Crippen molar-refractivity contribution in [3.8, 4) is 0 Å². The van der Waals surface area contributed by atoms with Gasteiger partial charge in [0.15, 0.2) is 0 Å². The van der Waals surface area contributed by atoms with Crippen LogP contribution in [-0.2, 0) is 6.54 Å². The van der Waals surface area contributed by atoms with E-state index in [0.717, 1.165) is 29.7 Å². The number of anilines is 1. The fourth-order valence-corrected chi connectivity index (χ4v) is 3.04. The lowest BCUT2D eigenvalue weighted by Gasteiger charge is -2.22. The summed E-state index contributed by atoms with van der Waals surface area (Å²) >= 11 is 0. The third-order valence-corrected chi connectivity index (χ3v) is 4.50. The van der Waals surface area contributed by atoms with Gasteiger partial charge in [0, 0.05) is 37.9 Å². The first-order valence-electron chi connectivity index (χ1n) is 8.64. The summed E-state index contributed by atoms with van der Waals surface area (Å²) in [6, 6.07) is 14.0. The molecule has 0 saturated heterocycles. The number of rotatable bonds is 6. The average molecular weight is 336 g/mol. The Bertz CT molecular complexity index is 850. The van der Waals surface area contributed by atoms with E-state index in [1.807, 2.05) is 25.2 Å². The first-order valence-corrected chi connectivity index (χ1v) is 8.64. The number of carbonyl (C=O) groups is 1. The lowest BCUT2D eigenvalue weighted by Crippen LogP contribution is -2.26. The molecule has 3 rings (SSSR count). The highest BCUT2D eigenvalue weighted by atomic mass is 16.2. The molecule has 25 heavy (non-hydrogen) atoms. The molecule has 1 heterocycles. The molecule has 0 fully saturated rings. The fourth-order valence-electron chi connectivity index (χ4n) is 3.04. The number of carbonyl (C=O) groups excluding carboxylic acids is 1. The maximum atomic E-state index is 12.7. The Balaban J connectivity index is 1.70. The zero-order valence-corrected chi connectivity index (χ0v) is 15.0. The minimum absolute atomic E-state index is 0.00400. The molecule has 0 radical (unpaired) electrons. The molecule has 0 saturated carbocycles. The van der Waals surface area contributed by atoms with Gasteiger partial charge in [-0.05, 0) is 49.7 Å². The predicted molar refractivity (Wildman–Crippen MR) is 102 cm³/mol. The van der Waals surface area contributed by atoms with Crippen LogP contribution in [0, 0.1) is 0 Å². The monoisotopic (exact) mass is 336 g/mol. The van der Waals surface area contributed by atoms with Gasteiger partial charge < -0.3 is 14.8 Å². The molecule has 0 aliphatic rings. The van der Waals surface area contributed by atoms with Gasteiger partial charge in [0.05, 0.1) is 17.4 Å². The molecular formula is C20H24N4O. The van der Waals surface area contributed by atoms with Crippen molar-refractivity contribution < 1.29 is 4.79 Å². The van der Waals surface area contributed by atoms with Crippen LogP contribution in [0.5, 0.6) is 0 Å². The van der Waals surface area contributed by atoms with Crippen LogP contribution in [0.25, 0.3) is 11.0 Å². The zero-order valence-electron chi connectivity index (χ0n) is 15.0. The van der Waals surface area contributed by atoms with E-state index in [4.69, 9.17) is 0 Å². The van der Waals surface area contributed by atoms with Crippen LogP contribution in [0.15, 0.2) is 48.8 Å². The van der Waals surface area contributed by atoms with E-state index in [-0.39, 0.29) is 5.91 Å². The van der Waals surface area contributed by atoms with Crippen LogP contribution in [0.3, 0.4) is 0 Å². The topological polar surface area (TPSA) is 52.2 Å². The second kappa shape index (κ2) is 7.38. The van der Waals surface area contributed by atoms with Crippen LogP contribution in [-0.4, -0.2) is 40.9 Å². The molecule has 0 unspecified atom stereocenters. The predicted octanol–water partition coefficient (Wildman–Crippen LogP) is 3.68. The number of amides is 1. The molecule has 3 aromatic rings. The summed E-state index contributed by atoms with van der Waals surface area (Å²) in [7, 11) is 1.83. The summed E-state index contributed by atoms with van der Waals surface area (Å²) in [6.45, 7) is 6.87. The number of fused-ring (bicyclic) bond motifs is 1. The van der Waals surface area contributed by atoms with Crippen molar-refractivity contribution in [2.45, 2.75) is 20.4 Å². The van der Waals surface area contributed by atoms with E-state index in [1.54, 1.807) is 11.2 Å². The van der Waals surface area contributed by atoms with Crippen LogP contribution in [0.1, 0.15) is 29.8 Å². The van der Waals surface area contributed by atoms with Gasteiger partial charge in [-0.3, -0.25) is 4.79 Å². The van der Waals surface area contributed by atoms with Crippen molar-refractivity contribution in [3.05, 3.63) is 59.9 Å². The lowest BCUT2D eigenvalue weighted by molar-refractivity contribution is 0.0785. The van der Waals surface area contributed by atoms with Gasteiger partial charge >= 0.3 is 0 Å². The van der Waals surface area contributed by atoms with Crippen LogP contribution in [0.2, 0.25) is 0 Å². The van der Waals surface area contributed by atoms with Crippen molar-refractivity contribution in [3.63, 3.8) is 0 Å². The van der Waals surface area contributed by atoms with Crippen molar-refractivity contribution in [1.29, 1.82) is 0 Å². The largest absolute Gasteiger partial charge is 0.372 e. The zero-order chi connectivity index (χ0) is 17.8. The number of imidazole rings is 1. The normalized spacial score (nSPS) is 10.8. The molecule has 0 bridgehead atoms. The molecule has 0 atom stereocenters. The summed E-state index contributed by atoms with van der Waals surface area (Å²) in [4.78, 5) is 23.9. The molecule has 0 aliphatic heterocycles. The minimum Gasteiger partial charge on any atom is -0.372 e. The van der Waals surface area contributed by atoms with Crippen LogP contribution in [0.4, 0.5) is 5.69 Å². The number of nitrogens with one attached hydrogen (secondary N) is 1. The highest BCUT2D eigenvalue weighted by Crippen LogP contribution is 2.17. The number of hydrogen-bond donors (Lipinski definition) is 1. The highest BCUT2D eigenvalue weighted by molar-refractivity contribution is 5.97. The first kappa shape index (κ1) is 17.0. The van der Waals surface area contributed by atoms with Gasteiger partial charge in [-0.1, -0.05) is 12.1 Å². The third-order valence-electron chi connectivity index (χ3n) is 4.50. The second-order valence-electron chi connectivity index (χ2n) is 6.13. The summed E-state index contributed by atoms with van der Waals surface area (Å²) in [5.41, 5.74) is 4.75. The van der Waals surface area contributed by atoms with Gasteiger partial charge in [0.25, 0.3) is 5.91 Å². The van der Waals surface area contributed by atoms with Gasteiger partial charge in [0.1, 0.15) is 0 Å². The highest BCUT2D eigenvalue weighted by Gasteiger charge is 2.13. The van der Waals surface area contributed by atoms with Gasteiger partial charge in [-0.2, -0.15) is 0 Å². The Kier molecular flexibility index (Phi) is 5.03. The Labute approximate surface area is 148 Å². The van der Waals surface area contributed by atoms with Gasteiger partial charge in [-0.25, -0.2) is 4.98 Å². The van der Waals surface area contributed by atoms with E-state index in [1.165, 1.54) is 5.69 Å². The van der Waals surface area contributed by atoms with Crippen molar-refractivity contribution in [2.75, 3.05) is 25.0 Å². The molecule has 1 amide bonds. The Hall–Kier alpha value is -2.82. The van der Waals surface area contributed by atoms with E-state index in [2.05, 4.69) is 53.0 Å². The summed E-state index contributed by atoms with van der Waals surface area (Å²) in [6.07, 6.45) is 1.64. The quantitative estimate of drug-likeness (QED) is 0.747. The molecule has 130 valence electrons. The minimum atomic E-state index is 0.00400. The number of aromatic nitrogens is 2. The van der Waals surface area contributed by atoms with Crippen molar-refractivity contribution in [2.24, 2.45) is 0 Å². The standard InChI is InChI=1S/C20H24N4O/c1-4-24(5-2)17-9-6-15(7-10-17)13-23(3)20(25)16-8-11-18-19(12-16)22-14-21-18/h6-12,14H,4-5,13H2,1-3H3,(H,21,22). The number of benzene rings is 2. The molecule has 5 nitrogen and oxygen atoms in total. The Morgan fingerprint density at radius 1 is 1.08 bits per heavy atom. The SMILES string of the molecule is CCN(CC)c1ccc(CN(C)C(=O)c2ccc3nc[nH]c3c2)cc1. The Morgan fingerprint density at radius 3 is 2.48 bits per heavy atom. The molecule has 1 aromatic heterocycles. The fraction of sp³-hybridized carbons (Fsp3) is 0.300. The maximum Gasteiger partial charge on any atom is 0.253 e. The molecule has 0 aliphatic carbocycles. The second-order valence-corrected chi connectivity index (χ2v) is 6.13. The van der Waals surface area contributed by atoms with E-state index in [0.29, 0.717) is 12.1 Å². The summed E-state index contributed by atoms with van der Waals surface area (Å²) in [5, 5.41) is 0. The summed E-state index contributed by atoms with van der Waals surface area (Å²) in [5.74, 6) is 0.00400. The van der Waals surface area contributed by atoms with E-state index in [9.17, 15) is 4.79 Å². The third kappa shape index (κ3) is 3.65. The molecule has 2 aromatic carbocycles. The van der Waals surface area contributed by atoms with Gasteiger partial charge in [0.2, 0.25) is 0 Å². The van der Waals surface area contributed by atoms with E-state index < -0.39 is 0 Å². The molecule has 5 heteroatoms. The number of nitrogens with zero attached hydrogens (tertiary/aromatic N) is 3. The maximum absolute atomic E-state index is 12.7. The molecule has 0 spiro atoms. The lowest BCUT2D eigenvalue weighted by atomic mass is 10.1. The molecular weight excluding hydrogens is 312 g/mol. The molecule has 1 N–H and O–H groups in total. The van der Waals surface area contributed by atoms with E-state index >= 15 is 0 Å². The Morgan fingerprint density at radius 2 is 1.80 bits per heavy atom. The van der Waals surface area contributed by atoms with Crippen molar-refractivity contribution in [1.82, 2.24) is 14.9 Å². The van der Waals surface area contributed by atoms with Crippen LogP contribution < -0.4 is 4.90 Å². The van der Waals surface area contributed by atoms with Crippen LogP contribution >= 0.6 is 0 Å². The smallest absolute Gasteiger partial charge is 0.253 e. The van der Waals surface area contributed by atoms with Gasteiger partial charge in [-0.15, -0.1) is 0 Å². The van der Waals surface area contributed by atoms with Crippen molar-refractivity contribution >= 4 is 22.6 Å². The number of aromatic amines is 1. The number of hydrogen-bond acceptors (Lipinski definition) is 3. The summed E-state index contributed by atoms with van der Waals surface area (Å²) < 4.78 is 0. The first-order chi connectivity index (χ1) is 12.1. The number of H-pyrrole nitrogens is 1.